The van der Waals surface area contributed by atoms with E-state index in [4.69, 9.17) is 0 Å². The highest BCUT2D eigenvalue weighted by molar-refractivity contribution is 4.84. The Morgan fingerprint density at radius 2 is 1.82 bits per heavy atom. The van der Waals surface area contributed by atoms with Gasteiger partial charge in [0, 0.05) is 6.04 Å². The average molecular weight is 237 g/mol. The highest BCUT2D eigenvalue weighted by Crippen LogP contribution is 2.36. The minimum absolute atomic E-state index is 0.825. The molecule has 0 saturated heterocycles. The van der Waals surface area contributed by atoms with Gasteiger partial charge < -0.3 is 5.32 Å². The SMILES string of the molecule is CCNC(CC1CCCC1)C1CCCC(C)C1. The topological polar surface area (TPSA) is 12.0 Å². The van der Waals surface area contributed by atoms with E-state index in [9.17, 15) is 0 Å². The predicted octanol–water partition coefficient (Wildman–Crippen LogP) is 4.37. The Labute approximate surface area is 108 Å². The minimum Gasteiger partial charge on any atom is -0.314 e. The summed E-state index contributed by atoms with van der Waals surface area (Å²) in [6.07, 6.45) is 13.4. The smallest absolute Gasteiger partial charge is 0.00979 e. The first-order valence-corrected chi connectivity index (χ1v) is 8.03. The van der Waals surface area contributed by atoms with Gasteiger partial charge in [0.25, 0.3) is 0 Å². The lowest BCUT2D eigenvalue weighted by Crippen LogP contribution is -2.39. The zero-order valence-corrected chi connectivity index (χ0v) is 11.9. The predicted molar refractivity (Wildman–Crippen MR) is 75.2 cm³/mol. The van der Waals surface area contributed by atoms with Crippen LogP contribution in [0, 0.1) is 17.8 Å². The monoisotopic (exact) mass is 237 g/mol. The molecule has 0 aliphatic heterocycles. The summed E-state index contributed by atoms with van der Waals surface area (Å²) in [6.45, 7) is 5.88. The van der Waals surface area contributed by atoms with Crippen LogP contribution in [-0.2, 0) is 0 Å². The van der Waals surface area contributed by atoms with Crippen LogP contribution in [0.2, 0.25) is 0 Å². The maximum Gasteiger partial charge on any atom is 0.00979 e. The molecule has 3 unspecified atom stereocenters. The second-order valence-electron chi connectivity index (χ2n) is 6.58. The molecule has 100 valence electrons. The highest BCUT2D eigenvalue weighted by Gasteiger charge is 2.28. The van der Waals surface area contributed by atoms with E-state index < -0.39 is 0 Å². The molecule has 2 saturated carbocycles. The molecule has 3 atom stereocenters. The molecule has 0 aromatic rings. The Balaban J connectivity index is 1.85. The molecular weight excluding hydrogens is 206 g/mol. The van der Waals surface area contributed by atoms with Crippen molar-refractivity contribution in [2.45, 2.75) is 77.7 Å². The van der Waals surface area contributed by atoms with E-state index in [1.807, 2.05) is 0 Å². The van der Waals surface area contributed by atoms with Gasteiger partial charge >= 0.3 is 0 Å². The van der Waals surface area contributed by atoms with E-state index in [-0.39, 0.29) is 0 Å². The maximum atomic E-state index is 3.80. The molecule has 2 aliphatic rings. The van der Waals surface area contributed by atoms with Gasteiger partial charge in [-0.15, -0.1) is 0 Å². The second-order valence-corrected chi connectivity index (χ2v) is 6.58. The van der Waals surface area contributed by atoms with Crippen molar-refractivity contribution >= 4 is 0 Å². The molecule has 0 heterocycles. The van der Waals surface area contributed by atoms with E-state index in [0.29, 0.717) is 0 Å². The van der Waals surface area contributed by atoms with Gasteiger partial charge in [0.05, 0.1) is 0 Å². The first kappa shape index (κ1) is 13.4. The quantitative estimate of drug-likeness (QED) is 0.748. The maximum absolute atomic E-state index is 3.80. The fraction of sp³-hybridized carbons (Fsp3) is 1.00. The lowest BCUT2D eigenvalue weighted by atomic mass is 9.76. The summed E-state index contributed by atoms with van der Waals surface area (Å²) in [6, 6.07) is 0.825. The number of hydrogen-bond acceptors (Lipinski definition) is 1. The average Bonchev–Trinajstić information content (AvgIpc) is 2.81. The van der Waals surface area contributed by atoms with Crippen molar-refractivity contribution in [1.29, 1.82) is 0 Å². The summed E-state index contributed by atoms with van der Waals surface area (Å²) in [4.78, 5) is 0. The van der Waals surface area contributed by atoms with Crippen molar-refractivity contribution in [1.82, 2.24) is 5.32 Å². The first-order valence-electron chi connectivity index (χ1n) is 8.03. The molecule has 2 rings (SSSR count). The van der Waals surface area contributed by atoms with Gasteiger partial charge in [-0.05, 0) is 43.6 Å². The van der Waals surface area contributed by atoms with Crippen molar-refractivity contribution < 1.29 is 0 Å². The molecule has 0 bridgehead atoms. The standard InChI is InChI=1S/C16H31N/c1-3-17-16(12-14-8-4-5-9-14)15-10-6-7-13(2)11-15/h13-17H,3-12H2,1-2H3. The van der Waals surface area contributed by atoms with Gasteiger partial charge in [-0.1, -0.05) is 52.4 Å². The molecule has 0 amide bonds. The third-order valence-electron chi connectivity index (χ3n) is 5.07. The van der Waals surface area contributed by atoms with Crippen LogP contribution in [0.3, 0.4) is 0 Å². The number of hydrogen-bond donors (Lipinski definition) is 1. The van der Waals surface area contributed by atoms with Crippen LogP contribution in [0.5, 0.6) is 0 Å². The van der Waals surface area contributed by atoms with Crippen LogP contribution in [0.25, 0.3) is 0 Å². The summed E-state index contributed by atoms with van der Waals surface area (Å²) < 4.78 is 0. The molecule has 0 aromatic heterocycles. The van der Waals surface area contributed by atoms with E-state index in [2.05, 4.69) is 19.2 Å². The molecular formula is C16H31N. The van der Waals surface area contributed by atoms with Crippen LogP contribution < -0.4 is 5.32 Å². The Morgan fingerprint density at radius 3 is 2.47 bits per heavy atom. The van der Waals surface area contributed by atoms with E-state index >= 15 is 0 Å². The molecule has 0 aromatic carbocycles. The van der Waals surface area contributed by atoms with Crippen LogP contribution in [-0.4, -0.2) is 12.6 Å². The van der Waals surface area contributed by atoms with Gasteiger partial charge in [0.15, 0.2) is 0 Å². The molecule has 2 fully saturated rings. The van der Waals surface area contributed by atoms with Gasteiger partial charge in [-0.2, -0.15) is 0 Å². The third kappa shape index (κ3) is 3.98. The fourth-order valence-corrected chi connectivity index (χ4v) is 4.16. The van der Waals surface area contributed by atoms with Crippen LogP contribution in [0.4, 0.5) is 0 Å². The van der Waals surface area contributed by atoms with Gasteiger partial charge in [0.1, 0.15) is 0 Å². The molecule has 17 heavy (non-hydrogen) atoms. The largest absolute Gasteiger partial charge is 0.314 e. The lowest BCUT2D eigenvalue weighted by Gasteiger charge is -2.35. The van der Waals surface area contributed by atoms with Crippen molar-refractivity contribution in [3.05, 3.63) is 0 Å². The van der Waals surface area contributed by atoms with Crippen LogP contribution in [0.15, 0.2) is 0 Å². The van der Waals surface area contributed by atoms with E-state index in [1.165, 1.54) is 57.8 Å². The third-order valence-corrected chi connectivity index (χ3v) is 5.07. The second kappa shape index (κ2) is 6.78. The Morgan fingerprint density at radius 1 is 1.06 bits per heavy atom. The number of nitrogens with one attached hydrogen (secondary N) is 1. The van der Waals surface area contributed by atoms with E-state index in [0.717, 1.165) is 30.3 Å². The Hall–Kier alpha value is -0.0400. The normalized spacial score (nSPS) is 32.8. The zero-order chi connectivity index (χ0) is 12.1. The summed E-state index contributed by atoms with van der Waals surface area (Å²) in [5.74, 6) is 2.98. The van der Waals surface area contributed by atoms with Gasteiger partial charge in [0.2, 0.25) is 0 Å². The summed E-state index contributed by atoms with van der Waals surface area (Å²) in [5, 5.41) is 3.80. The highest BCUT2D eigenvalue weighted by atomic mass is 14.9. The Bertz CT molecular complexity index is 208. The van der Waals surface area contributed by atoms with E-state index in [1.54, 1.807) is 0 Å². The lowest BCUT2D eigenvalue weighted by molar-refractivity contribution is 0.200. The summed E-state index contributed by atoms with van der Waals surface area (Å²) in [5.41, 5.74) is 0. The van der Waals surface area contributed by atoms with Gasteiger partial charge in [-0.25, -0.2) is 0 Å². The number of rotatable bonds is 5. The minimum atomic E-state index is 0.825. The van der Waals surface area contributed by atoms with Crippen molar-refractivity contribution in [3.63, 3.8) is 0 Å². The molecule has 2 aliphatic carbocycles. The van der Waals surface area contributed by atoms with Crippen molar-refractivity contribution in [2.75, 3.05) is 6.54 Å². The molecule has 0 radical (unpaired) electrons. The van der Waals surface area contributed by atoms with Gasteiger partial charge in [-0.3, -0.25) is 0 Å². The zero-order valence-electron chi connectivity index (χ0n) is 11.9. The molecule has 1 nitrogen and oxygen atoms in total. The molecule has 0 spiro atoms. The first-order chi connectivity index (χ1) is 8.29. The van der Waals surface area contributed by atoms with Crippen LogP contribution >= 0.6 is 0 Å². The van der Waals surface area contributed by atoms with Crippen molar-refractivity contribution in [2.24, 2.45) is 17.8 Å². The molecule has 1 heteroatoms. The van der Waals surface area contributed by atoms with Crippen molar-refractivity contribution in [3.8, 4) is 0 Å². The summed E-state index contributed by atoms with van der Waals surface area (Å²) in [7, 11) is 0. The van der Waals surface area contributed by atoms with Crippen LogP contribution in [0.1, 0.15) is 71.6 Å². The summed E-state index contributed by atoms with van der Waals surface area (Å²) >= 11 is 0. The fourth-order valence-electron chi connectivity index (χ4n) is 4.16. The Kier molecular flexibility index (Phi) is 5.34. The molecule has 1 N–H and O–H groups in total.